The van der Waals surface area contributed by atoms with Crippen LogP contribution in [0, 0.1) is 0 Å². The van der Waals surface area contributed by atoms with Crippen LogP contribution in [0.25, 0.3) is 0 Å². The van der Waals surface area contributed by atoms with E-state index in [1.54, 1.807) is 38.4 Å². The summed E-state index contributed by atoms with van der Waals surface area (Å²) in [6, 6.07) is 6.78. The van der Waals surface area contributed by atoms with Crippen LogP contribution in [0.5, 0.6) is 5.75 Å². The zero-order valence-electron chi connectivity index (χ0n) is 9.77. The molecule has 1 rings (SSSR count). The van der Waals surface area contributed by atoms with E-state index < -0.39 is 0 Å². The maximum atomic E-state index is 11.7. The van der Waals surface area contributed by atoms with Crippen molar-refractivity contribution in [3.63, 3.8) is 0 Å². The molecule has 0 atom stereocenters. The molecule has 2 amide bonds. The first-order valence-electron chi connectivity index (χ1n) is 4.97. The van der Waals surface area contributed by atoms with E-state index in [9.17, 15) is 4.79 Å². The van der Waals surface area contributed by atoms with E-state index >= 15 is 0 Å². The number of thiocarbonyl (C=S) groups is 1. The van der Waals surface area contributed by atoms with E-state index in [1.165, 1.54) is 4.90 Å². The molecule has 5 nitrogen and oxygen atoms in total. The second-order valence-electron chi connectivity index (χ2n) is 3.48. The Kier molecular flexibility index (Phi) is 4.71. The summed E-state index contributed by atoms with van der Waals surface area (Å²) in [5.74, 6) is 0.736. The lowest BCUT2D eigenvalue weighted by Crippen LogP contribution is -2.37. The molecule has 17 heavy (non-hydrogen) atoms. The van der Waals surface area contributed by atoms with Gasteiger partial charge in [0.05, 0.1) is 18.6 Å². The number of benzene rings is 1. The molecule has 6 heteroatoms. The van der Waals surface area contributed by atoms with Crippen molar-refractivity contribution in [2.75, 3.05) is 26.0 Å². The van der Waals surface area contributed by atoms with Gasteiger partial charge in [0.15, 0.2) is 0 Å². The number of nitrogens with one attached hydrogen (secondary N) is 1. The van der Waals surface area contributed by atoms with Crippen LogP contribution in [0.15, 0.2) is 24.3 Å². The summed E-state index contributed by atoms with van der Waals surface area (Å²) in [7, 11) is 3.21. The predicted molar refractivity (Wildman–Crippen MR) is 71.4 cm³/mol. The van der Waals surface area contributed by atoms with E-state index in [1.807, 2.05) is 0 Å². The Bertz CT molecular complexity index is 406. The number of nitrogens with zero attached hydrogens (tertiary/aromatic N) is 1. The zero-order valence-corrected chi connectivity index (χ0v) is 10.6. The number of rotatable bonds is 4. The van der Waals surface area contributed by atoms with Gasteiger partial charge in [-0.3, -0.25) is 0 Å². The number of carbonyl (C=O) groups is 1. The Morgan fingerprint density at radius 2 is 2.06 bits per heavy atom. The minimum Gasteiger partial charge on any atom is -0.497 e. The van der Waals surface area contributed by atoms with Gasteiger partial charge in [-0.1, -0.05) is 12.2 Å². The Morgan fingerprint density at radius 1 is 1.47 bits per heavy atom. The van der Waals surface area contributed by atoms with Crippen molar-refractivity contribution in [1.82, 2.24) is 4.90 Å². The largest absolute Gasteiger partial charge is 0.497 e. The predicted octanol–water partition coefficient (Wildman–Crippen LogP) is 1.45. The van der Waals surface area contributed by atoms with Crippen LogP contribution in [0.2, 0.25) is 0 Å². The molecule has 0 unspecified atom stereocenters. The first-order valence-corrected chi connectivity index (χ1v) is 5.38. The highest BCUT2D eigenvalue weighted by atomic mass is 32.1. The zero-order chi connectivity index (χ0) is 12.8. The Hall–Kier alpha value is -1.82. The number of carbonyl (C=O) groups excluding carboxylic acids is 1. The molecule has 0 aromatic heterocycles. The molecular weight excluding hydrogens is 238 g/mol. The number of urea groups is 1. The minimum atomic E-state index is -0.261. The van der Waals surface area contributed by atoms with Crippen LogP contribution >= 0.6 is 12.2 Å². The van der Waals surface area contributed by atoms with Crippen LogP contribution in [0.1, 0.15) is 0 Å². The SMILES string of the molecule is COc1ccc(NC(=O)N(C)CC(N)=S)cc1. The topological polar surface area (TPSA) is 67.6 Å². The van der Waals surface area contributed by atoms with Gasteiger partial charge in [0.1, 0.15) is 5.75 Å². The van der Waals surface area contributed by atoms with E-state index in [-0.39, 0.29) is 17.6 Å². The van der Waals surface area contributed by atoms with Gasteiger partial charge in [-0.15, -0.1) is 0 Å². The van der Waals surface area contributed by atoms with E-state index in [2.05, 4.69) is 5.32 Å². The molecule has 0 heterocycles. The maximum Gasteiger partial charge on any atom is 0.321 e. The Morgan fingerprint density at radius 3 is 2.53 bits per heavy atom. The number of nitrogens with two attached hydrogens (primary N) is 1. The lowest BCUT2D eigenvalue weighted by Gasteiger charge is -2.17. The number of methoxy groups -OCH3 is 1. The highest BCUT2D eigenvalue weighted by Crippen LogP contribution is 2.15. The molecule has 1 aromatic carbocycles. The molecule has 0 spiro atoms. The fourth-order valence-corrected chi connectivity index (χ4v) is 1.39. The van der Waals surface area contributed by atoms with Gasteiger partial charge in [-0.25, -0.2) is 4.79 Å². The van der Waals surface area contributed by atoms with Crippen molar-refractivity contribution in [3.8, 4) is 5.75 Å². The Balaban J connectivity index is 2.58. The normalized spacial score (nSPS) is 9.53. The molecule has 0 aliphatic rings. The summed E-state index contributed by atoms with van der Waals surface area (Å²) in [6.45, 7) is 0.247. The Labute approximate surface area is 106 Å². The second-order valence-corrected chi connectivity index (χ2v) is 4.01. The van der Waals surface area contributed by atoms with Gasteiger partial charge in [0.2, 0.25) is 0 Å². The summed E-state index contributed by atoms with van der Waals surface area (Å²) in [4.78, 5) is 13.4. The third-order valence-corrected chi connectivity index (χ3v) is 2.21. The van der Waals surface area contributed by atoms with Crippen molar-refractivity contribution in [2.24, 2.45) is 5.73 Å². The molecule has 1 aromatic rings. The van der Waals surface area contributed by atoms with Crippen molar-refractivity contribution < 1.29 is 9.53 Å². The number of anilines is 1. The smallest absolute Gasteiger partial charge is 0.321 e. The van der Waals surface area contributed by atoms with Crippen LogP contribution in [0.4, 0.5) is 10.5 Å². The fraction of sp³-hybridized carbons (Fsp3) is 0.273. The van der Waals surface area contributed by atoms with Gasteiger partial charge in [-0.05, 0) is 24.3 Å². The molecule has 0 saturated carbocycles. The van der Waals surface area contributed by atoms with Crippen molar-refractivity contribution >= 4 is 28.9 Å². The summed E-state index contributed by atoms with van der Waals surface area (Å²) in [5.41, 5.74) is 6.04. The molecule has 92 valence electrons. The lowest BCUT2D eigenvalue weighted by molar-refractivity contribution is 0.228. The van der Waals surface area contributed by atoms with Gasteiger partial charge in [0.25, 0.3) is 0 Å². The van der Waals surface area contributed by atoms with Crippen LogP contribution < -0.4 is 15.8 Å². The van der Waals surface area contributed by atoms with Crippen LogP contribution in [-0.2, 0) is 0 Å². The van der Waals surface area contributed by atoms with E-state index in [4.69, 9.17) is 22.7 Å². The van der Waals surface area contributed by atoms with Crippen molar-refractivity contribution in [1.29, 1.82) is 0 Å². The quantitative estimate of drug-likeness (QED) is 0.797. The highest BCUT2D eigenvalue weighted by molar-refractivity contribution is 7.80. The lowest BCUT2D eigenvalue weighted by atomic mass is 10.3. The fourth-order valence-electron chi connectivity index (χ4n) is 1.20. The standard InChI is InChI=1S/C11H15N3O2S/c1-14(7-10(12)17)11(15)13-8-3-5-9(16-2)6-4-8/h3-6H,7H2,1-2H3,(H2,12,17)(H,13,15). The number of hydrogen-bond acceptors (Lipinski definition) is 3. The molecule has 0 aliphatic carbocycles. The molecule has 0 aliphatic heterocycles. The molecule has 0 saturated heterocycles. The average Bonchev–Trinajstić information content (AvgIpc) is 2.29. The number of amides is 2. The highest BCUT2D eigenvalue weighted by Gasteiger charge is 2.09. The molecule has 0 radical (unpaired) electrons. The van der Waals surface area contributed by atoms with E-state index in [0.29, 0.717) is 5.69 Å². The monoisotopic (exact) mass is 253 g/mol. The minimum absolute atomic E-state index is 0.247. The first kappa shape index (κ1) is 13.2. The summed E-state index contributed by atoms with van der Waals surface area (Å²) < 4.78 is 5.02. The summed E-state index contributed by atoms with van der Waals surface area (Å²) in [5, 5.41) is 2.71. The maximum absolute atomic E-state index is 11.7. The number of ether oxygens (including phenoxy) is 1. The molecule has 3 N–H and O–H groups in total. The van der Waals surface area contributed by atoms with Gasteiger partial charge in [0, 0.05) is 12.7 Å². The number of likely N-dealkylation sites (N-methyl/N-ethyl adjacent to an activating group) is 1. The summed E-state index contributed by atoms with van der Waals surface area (Å²) in [6.07, 6.45) is 0. The van der Waals surface area contributed by atoms with Crippen molar-refractivity contribution in [3.05, 3.63) is 24.3 Å². The first-order chi connectivity index (χ1) is 8.02. The third-order valence-electron chi connectivity index (χ3n) is 2.08. The van der Waals surface area contributed by atoms with Gasteiger partial charge in [-0.2, -0.15) is 0 Å². The van der Waals surface area contributed by atoms with Crippen LogP contribution in [0.3, 0.4) is 0 Å². The summed E-state index contributed by atoms with van der Waals surface area (Å²) >= 11 is 4.73. The van der Waals surface area contributed by atoms with Crippen LogP contribution in [-0.4, -0.2) is 36.6 Å². The third kappa shape index (κ3) is 4.28. The molecular formula is C11H15N3O2S. The molecule has 0 fully saturated rings. The average molecular weight is 253 g/mol. The second kappa shape index (κ2) is 6.05. The molecule has 0 bridgehead atoms. The number of hydrogen-bond donors (Lipinski definition) is 2. The van der Waals surface area contributed by atoms with E-state index in [0.717, 1.165) is 5.75 Å². The van der Waals surface area contributed by atoms with Gasteiger partial charge < -0.3 is 20.7 Å². The van der Waals surface area contributed by atoms with Gasteiger partial charge >= 0.3 is 6.03 Å². The van der Waals surface area contributed by atoms with Crippen molar-refractivity contribution in [2.45, 2.75) is 0 Å².